The molecule has 0 radical (unpaired) electrons. The van der Waals surface area contributed by atoms with Crippen LogP contribution in [-0.4, -0.2) is 45.6 Å². The van der Waals surface area contributed by atoms with Crippen LogP contribution in [0.3, 0.4) is 0 Å². The molecular weight excluding hydrogens is 412 g/mol. The summed E-state index contributed by atoms with van der Waals surface area (Å²) < 4.78 is 0. The van der Waals surface area contributed by atoms with Crippen LogP contribution in [0.4, 0.5) is 0 Å². The Labute approximate surface area is 186 Å². The highest BCUT2D eigenvalue weighted by molar-refractivity contribution is 6.24. The summed E-state index contributed by atoms with van der Waals surface area (Å²) in [6.07, 6.45) is 6.60. The standard InChI is InChI=1S/C24H26N2O6/c27-19-15-14-18(22(30)25-19)26-23(31)17-12-9-11-16(21(17)24(26)32)10-7-5-3-1-2-4-6-8-13-20(28)29/h9,11-12,18H,1-6,8,13-15H2,(H,28,29)(H,25,27,30). The number of nitrogens with zero attached hydrogens (tertiary/aromatic N) is 1. The van der Waals surface area contributed by atoms with Crippen molar-refractivity contribution in [1.82, 2.24) is 10.2 Å². The van der Waals surface area contributed by atoms with Gasteiger partial charge in [-0.25, -0.2) is 0 Å². The number of benzene rings is 1. The molecule has 0 spiro atoms. The maximum atomic E-state index is 13.0. The van der Waals surface area contributed by atoms with E-state index in [-0.39, 0.29) is 30.4 Å². The lowest BCUT2D eigenvalue weighted by Gasteiger charge is -2.27. The molecule has 32 heavy (non-hydrogen) atoms. The van der Waals surface area contributed by atoms with Crippen molar-refractivity contribution in [2.45, 2.75) is 70.3 Å². The summed E-state index contributed by atoms with van der Waals surface area (Å²) in [5.74, 6) is 3.17. The minimum Gasteiger partial charge on any atom is -0.481 e. The third-order valence-corrected chi connectivity index (χ3v) is 5.63. The number of fused-ring (bicyclic) bond motifs is 1. The highest BCUT2D eigenvalue weighted by Crippen LogP contribution is 2.29. The fourth-order valence-corrected chi connectivity index (χ4v) is 3.97. The zero-order valence-corrected chi connectivity index (χ0v) is 17.8. The van der Waals surface area contributed by atoms with Crippen LogP contribution in [-0.2, 0) is 14.4 Å². The molecule has 1 aromatic rings. The SMILES string of the molecule is O=C(O)CCCCCCCCC#Cc1cccc2c1C(=O)N(C1CCC(=O)NC1=O)C2=O. The fraction of sp³-hybridized carbons (Fsp3) is 0.458. The van der Waals surface area contributed by atoms with Gasteiger partial charge < -0.3 is 5.11 Å². The number of carbonyl (C=O) groups is 5. The second-order valence-corrected chi connectivity index (χ2v) is 7.99. The molecule has 168 valence electrons. The van der Waals surface area contributed by atoms with Crippen molar-refractivity contribution in [3.8, 4) is 11.8 Å². The van der Waals surface area contributed by atoms with Crippen molar-refractivity contribution in [1.29, 1.82) is 0 Å². The Hall–Kier alpha value is -3.47. The average Bonchev–Trinajstić information content (AvgIpc) is 3.00. The molecule has 2 heterocycles. The van der Waals surface area contributed by atoms with Gasteiger partial charge in [0.2, 0.25) is 11.8 Å². The molecule has 8 heteroatoms. The van der Waals surface area contributed by atoms with Gasteiger partial charge in [-0.2, -0.15) is 0 Å². The monoisotopic (exact) mass is 438 g/mol. The van der Waals surface area contributed by atoms with Gasteiger partial charge in [-0.05, 0) is 31.4 Å². The van der Waals surface area contributed by atoms with Gasteiger partial charge >= 0.3 is 5.97 Å². The average molecular weight is 438 g/mol. The Morgan fingerprint density at radius 2 is 1.75 bits per heavy atom. The van der Waals surface area contributed by atoms with E-state index < -0.39 is 35.6 Å². The minimum absolute atomic E-state index is 0.0794. The van der Waals surface area contributed by atoms with Crippen LogP contribution < -0.4 is 5.32 Å². The number of imide groups is 2. The Morgan fingerprint density at radius 1 is 1.03 bits per heavy atom. The van der Waals surface area contributed by atoms with E-state index in [1.54, 1.807) is 18.2 Å². The van der Waals surface area contributed by atoms with Crippen molar-refractivity contribution >= 4 is 29.6 Å². The van der Waals surface area contributed by atoms with Crippen molar-refractivity contribution in [2.75, 3.05) is 0 Å². The summed E-state index contributed by atoms with van der Waals surface area (Å²) in [4.78, 5) is 60.8. The van der Waals surface area contributed by atoms with Gasteiger partial charge in [0.05, 0.1) is 11.1 Å². The predicted molar refractivity (Wildman–Crippen MR) is 115 cm³/mol. The Balaban J connectivity index is 1.56. The topological polar surface area (TPSA) is 121 Å². The number of carbonyl (C=O) groups excluding carboxylic acids is 4. The molecule has 1 aromatic carbocycles. The molecule has 3 rings (SSSR count). The maximum absolute atomic E-state index is 13.0. The first-order valence-electron chi connectivity index (χ1n) is 11.0. The largest absolute Gasteiger partial charge is 0.481 e. The quantitative estimate of drug-likeness (QED) is 0.347. The number of unbranched alkanes of at least 4 members (excludes halogenated alkanes) is 6. The van der Waals surface area contributed by atoms with E-state index in [0.717, 1.165) is 37.0 Å². The number of hydrogen-bond donors (Lipinski definition) is 2. The molecule has 8 nitrogen and oxygen atoms in total. The molecule has 0 bridgehead atoms. The molecule has 2 aliphatic rings. The molecular formula is C24H26N2O6. The fourth-order valence-electron chi connectivity index (χ4n) is 3.97. The maximum Gasteiger partial charge on any atom is 0.303 e. The van der Waals surface area contributed by atoms with Gasteiger partial charge in [-0.1, -0.05) is 43.6 Å². The van der Waals surface area contributed by atoms with Crippen molar-refractivity contribution in [2.24, 2.45) is 0 Å². The second-order valence-electron chi connectivity index (χ2n) is 7.99. The van der Waals surface area contributed by atoms with Crippen molar-refractivity contribution in [3.63, 3.8) is 0 Å². The Kier molecular flexibility index (Phi) is 7.77. The lowest BCUT2D eigenvalue weighted by Crippen LogP contribution is -2.54. The molecule has 2 N–H and O–H groups in total. The number of amides is 4. The van der Waals surface area contributed by atoms with Gasteiger partial charge in [-0.3, -0.25) is 34.2 Å². The predicted octanol–water partition coefficient (Wildman–Crippen LogP) is 2.64. The first-order chi connectivity index (χ1) is 15.4. The molecule has 2 aliphatic heterocycles. The van der Waals surface area contributed by atoms with Gasteiger partial charge in [0, 0.05) is 24.8 Å². The normalized spacial score (nSPS) is 17.6. The van der Waals surface area contributed by atoms with E-state index in [2.05, 4.69) is 17.2 Å². The third-order valence-electron chi connectivity index (χ3n) is 5.63. The summed E-state index contributed by atoms with van der Waals surface area (Å²) in [6.45, 7) is 0. The van der Waals surface area contributed by atoms with Crippen LogP contribution >= 0.6 is 0 Å². The van der Waals surface area contributed by atoms with E-state index >= 15 is 0 Å². The van der Waals surface area contributed by atoms with E-state index in [4.69, 9.17) is 5.11 Å². The van der Waals surface area contributed by atoms with Crippen LogP contribution in [0.1, 0.15) is 90.5 Å². The molecule has 4 amide bonds. The molecule has 0 saturated carbocycles. The first-order valence-corrected chi connectivity index (χ1v) is 11.0. The molecule has 1 saturated heterocycles. The highest BCUT2D eigenvalue weighted by atomic mass is 16.4. The molecule has 1 unspecified atom stereocenters. The number of aliphatic carboxylic acids is 1. The van der Waals surface area contributed by atoms with E-state index in [1.807, 2.05) is 0 Å². The van der Waals surface area contributed by atoms with E-state index in [1.165, 1.54) is 0 Å². The van der Waals surface area contributed by atoms with Crippen molar-refractivity contribution < 1.29 is 29.1 Å². The number of carboxylic acid groups (broad SMARTS) is 1. The van der Waals surface area contributed by atoms with Crippen molar-refractivity contribution in [3.05, 3.63) is 34.9 Å². The highest BCUT2D eigenvalue weighted by Gasteiger charge is 2.45. The Morgan fingerprint density at radius 3 is 2.47 bits per heavy atom. The number of carboxylic acids is 1. The van der Waals surface area contributed by atoms with E-state index in [9.17, 15) is 24.0 Å². The lowest BCUT2D eigenvalue weighted by molar-refractivity contribution is -0.138. The lowest BCUT2D eigenvalue weighted by atomic mass is 10.0. The first kappa shape index (κ1) is 23.2. The summed E-state index contributed by atoms with van der Waals surface area (Å²) in [7, 11) is 0. The molecule has 0 aliphatic carbocycles. The number of nitrogens with one attached hydrogen (secondary N) is 1. The van der Waals surface area contributed by atoms with Crippen LogP contribution in [0.5, 0.6) is 0 Å². The summed E-state index contributed by atoms with van der Waals surface area (Å²) in [5.41, 5.74) is 0.908. The van der Waals surface area contributed by atoms with Gasteiger partial charge in [0.25, 0.3) is 11.8 Å². The number of piperidine rings is 1. The number of rotatable bonds is 9. The van der Waals surface area contributed by atoms with Crippen LogP contribution in [0.25, 0.3) is 0 Å². The third kappa shape index (κ3) is 5.41. The molecule has 0 aromatic heterocycles. The smallest absolute Gasteiger partial charge is 0.303 e. The minimum atomic E-state index is -0.989. The molecule has 1 fully saturated rings. The van der Waals surface area contributed by atoms with Crippen LogP contribution in [0.2, 0.25) is 0 Å². The van der Waals surface area contributed by atoms with Gasteiger partial charge in [0.15, 0.2) is 0 Å². The second kappa shape index (κ2) is 10.7. The summed E-state index contributed by atoms with van der Waals surface area (Å²) in [5, 5.41) is 10.8. The summed E-state index contributed by atoms with van der Waals surface area (Å²) in [6, 6.07) is 3.92. The Bertz CT molecular complexity index is 1000. The number of hydrogen-bond acceptors (Lipinski definition) is 5. The zero-order chi connectivity index (χ0) is 23.1. The van der Waals surface area contributed by atoms with Gasteiger partial charge in [-0.15, -0.1) is 0 Å². The van der Waals surface area contributed by atoms with Gasteiger partial charge in [0.1, 0.15) is 6.04 Å². The van der Waals surface area contributed by atoms with Crippen LogP contribution in [0.15, 0.2) is 18.2 Å². The summed E-state index contributed by atoms with van der Waals surface area (Å²) >= 11 is 0. The van der Waals surface area contributed by atoms with Crippen LogP contribution in [0, 0.1) is 11.8 Å². The zero-order valence-electron chi connectivity index (χ0n) is 17.8. The molecule has 1 atom stereocenters. The van der Waals surface area contributed by atoms with E-state index in [0.29, 0.717) is 18.4 Å².